The number of nitrogens with zero attached hydrogens (tertiary/aromatic N) is 3. The molecule has 0 spiro atoms. The molecule has 0 fully saturated rings. The molecule has 0 saturated carbocycles. The van der Waals surface area contributed by atoms with Crippen molar-refractivity contribution in [1.29, 1.82) is 0 Å². The summed E-state index contributed by atoms with van der Waals surface area (Å²) in [6, 6.07) is 2.06. The molecule has 2 aromatic rings. The maximum absolute atomic E-state index is 9.06. The third-order valence-corrected chi connectivity index (χ3v) is 3.44. The highest BCUT2D eigenvalue weighted by molar-refractivity contribution is 7.07. The zero-order valence-electron chi connectivity index (χ0n) is 8.54. The number of thiophene rings is 1. The molecule has 0 radical (unpaired) electrons. The average Bonchev–Trinajstić information content (AvgIpc) is 2.97. The Kier molecular flexibility index (Phi) is 2.47. The van der Waals surface area contributed by atoms with E-state index in [1.54, 1.807) is 11.3 Å². The quantitative estimate of drug-likeness (QED) is 0.849. The van der Waals surface area contributed by atoms with E-state index in [-0.39, 0.29) is 12.7 Å². The van der Waals surface area contributed by atoms with E-state index in [0.717, 1.165) is 5.69 Å². The Labute approximate surface area is 96.3 Å². The van der Waals surface area contributed by atoms with Crippen LogP contribution in [0, 0.1) is 0 Å². The second-order valence-corrected chi connectivity index (χ2v) is 4.46. The van der Waals surface area contributed by atoms with Crippen LogP contribution in [0.25, 0.3) is 0 Å². The van der Waals surface area contributed by atoms with E-state index in [2.05, 4.69) is 21.8 Å². The van der Waals surface area contributed by atoms with Gasteiger partial charge in [0.05, 0.1) is 25.5 Å². The molecule has 3 rings (SSSR count). The van der Waals surface area contributed by atoms with Gasteiger partial charge < -0.3 is 9.84 Å². The maximum atomic E-state index is 9.06. The van der Waals surface area contributed by atoms with Crippen molar-refractivity contribution >= 4 is 11.3 Å². The first-order valence-electron chi connectivity index (χ1n) is 5.04. The number of aliphatic hydroxyl groups is 1. The minimum atomic E-state index is -0.0815. The molecular weight excluding hydrogens is 226 g/mol. The van der Waals surface area contributed by atoms with Crippen LogP contribution in [0.2, 0.25) is 0 Å². The van der Waals surface area contributed by atoms with Gasteiger partial charge in [0.15, 0.2) is 0 Å². The standard InChI is InChI=1S/C10H11N3O2S/c14-4-8-9-5-15-10(3-13(9)12-11-8)7-1-2-16-6-7/h1-2,6,10,14H,3-5H2. The lowest BCUT2D eigenvalue weighted by Crippen LogP contribution is -2.22. The van der Waals surface area contributed by atoms with Crippen molar-refractivity contribution in [1.82, 2.24) is 15.0 Å². The largest absolute Gasteiger partial charge is 0.390 e. The van der Waals surface area contributed by atoms with Crippen LogP contribution in [0.5, 0.6) is 0 Å². The molecule has 0 amide bonds. The molecule has 1 unspecified atom stereocenters. The predicted octanol–water partition coefficient (Wildman–Crippen LogP) is 1.10. The van der Waals surface area contributed by atoms with Crippen molar-refractivity contribution in [2.24, 2.45) is 0 Å². The van der Waals surface area contributed by atoms with Crippen molar-refractivity contribution < 1.29 is 9.84 Å². The second-order valence-electron chi connectivity index (χ2n) is 3.68. The fraction of sp³-hybridized carbons (Fsp3) is 0.400. The SMILES string of the molecule is OCc1nnn2c1COC(c1ccsc1)C2. The lowest BCUT2D eigenvalue weighted by Gasteiger charge is -2.23. The second kappa shape index (κ2) is 3.97. The Balaban J connectivity index is 1.87. The lowest BCUT2D eigenvalue weighted by molar-refractivity contribution is -0.00203. The summed E-state index contributed by atoms with van der Waals surface area (Å²) >= 11 is 1.66. The van der Waals surface area contributed by atoms with Crippen LogP contribution in [-0.2, 0) is 24.5 Å². The van der Waals surface area contributed by atoms with E-state index in [1.165, 1.54) is 5.56 Å². The van der Waals surface area contributed by atoms with E-state index in [9.17, 15) is 0 Å². The zero-order chi connectivity index (χ0) is 11.0. The molecule has 0 aliphatic carbocycles. The molecule has 1 aliphatic rings. The summed E-state index contributed by atoms with van der Waals surface area (Å²) in [6.45, 7) is 1.05. The summed E-state index contributed by atoms with van der Waals surface area (Å²) in [4.78, 5) is 0. The minimum absolute atomic E-state index is 0.0481. The highest BCUT2D eigenvalue weighted by Crippen LogP contribution is 2.27. The van der Waals surface area contributed by atoms with Crippen LogP contribution in [0.1, 0.15) is 23.1 Å². The number of ether oxygens (including phenoxy) is 1. The molecule has 0 aromatic carbocycles. The van der Waals surface area contributed by atoms with Gasteiger partial charge in [-0.2, -0.15) is 11.3 Å². The van der Waals surface area contributed by atoms with Gasteiger partial charge in [-0.05, 0) is 22.4 Å². The normalized spacial score (nSPS) is 19.7. The van der Waals surface area contributed by atoms with Gasteiger partial charge >= 0.3 is 0 Å². The first-order valence-corrected chi connectivity index (χ1v) is 5.98. The number of hydrogen-bond acceptors (Lipinski definition) is 5. The van der Waals surface area contributed by atoms with Gasteiger partial charge in [0.1, 0.15) is 11.8 Å². The first-order chi connectivity index (χ1) is 7.88. The first kappa shape index (κ1) is 9.95. The minimum Gasteiger partial charge on any atom is -0.390 e. The highest BCUT2D eigenvalue weighted by Gasteiger charge is 2.24. The Morgan fingerprint density at radius 1 is 1.62 bits per heavy atom. The van der Waals surface area contributed by atoms with Crippen molar-refractivity contribution in [3.05, 3.63) is 33.8 Å². The molecule has 2 aromatic heterocycles. The van der Waals surface area contributed by atoms with Gasteiger partial charge in [0.25, 0.3) is 0 Å². The van der Waals surface area contributed by atoms with Crippen LogP contribution in [0.4, 0.5) is 0 Å². The van der Waals surface area contributed by atoms with E-state index in [1.807, 2.05) is 10.1 Å². The topological polar surface area (TPSA) is 60.2 Å². The molecule has 16 heavy (non-hydrogen) atoms. The number of hydrogen-bond donors (Lipinski definition) is 1. The number of aliphatic hydroxyl groups excluding tert-OH is 1. The van der Waals surface area contributed by atoms with E-state index in [0.29, 0.717) is 18.8 Å². The summed E-state index contributed by atoms with van der Waals surface area (Å²) in [5, 5.41) is 21.1. The van der Waals surface area contributed by atoms with Gasteiger partial charge in [0, 0.05) is 0 Å². The molecule has 3 heterocycles. The molecule has 0 bridgehead atoms. The van der Waals surface area contributed by atoms with Crippen LogP contribution in [-0.4, -0.2) is 20.1 Å². The molecule has 1 aliphatic heterocycles. The third-order valence-electron chi connectivity index (χ3n) is 2.74. The monoisotopic (exact) mass is 237 g/mol. The van der Waals surface area contributed by atoms with Crippen LogP contribution >= 0.6 is 11.3 Å². The predicted molar refractivity (Wildman–Crippen MR) is 57.8 cm³/mol. The average molecular weight is 237 g/mol. The van der Waals surface area contributed by atoms with Gasteiger partial charge in [-0.3, -0.25) is 0 Å². The fourth-order valence-electron chi connectivity index (χ4n) is 1.85. The number of rotatable bonds is 2. The molecule has 1 N–H and O–H groups in total. The van der Waals surface area contributed by atoms with Crippen LogP contribution in [0.3, 0.4) is 0 Å². The fourth-order valence-corrected chi connectivity index (χ4v) is 2.55. The van der Waals surface area contributed by atoms with Crippen molar-refractivity contribution in [3.8, 4) is 0 Å². The Hall–Kier alpha value is -1.24. The van der Waals surface area contributed by atoms with Gasteiger partial charge in [-0.15, -0.1) is 5.10 Å². The molecule has 6 heteroatoms. The molecule has 0 saturated heterocycles. The summed E-state index contributed by atoms with van der Waals surface area (Å²) in [5.41, 5.74) is 2.68. The Morgan fingerprint density at radius 3 is 3.31 bits per heavy atom. The van der Waals surface area contributed by atoms with E-state index >= 15 is 0 Å². The smallest absolute Gasteiger partial charge is 0.114 e. The third kappa shape index (κ3) is 1.55. The van der Waals surface area contributed by atoms with Gasteiger partial charge in [-0.25, -0.2) is 4.68 Å². The highest BCUT2D eigenvalue weighted by atomic mass is 32.1. The molecule has 5 nitrogen and oxygen atoms in total. The number of aromatic nitrogens is 3. The lowest BCUT2D eigenvalue weighted by atomic mass is 10.1. The Morgan fingerprint density at radius 2 is 2.56 bits per heavy atom. The van der Waals surface area contributed by atoms with E-state index < -0.39 is 0 Å². The van der Waals surface area contributed by atoms with E-state index in [4.69, 9.17) is 9.84 Å². The maximum Gasteiger partial charge on any atom is 0.114 e. The van der Waals surface area contributed by atoms with Crippen LogP contribution in [0.15, 0.2) is 16.8 Å². The molecule has 84 valence electrons. The zero-order valence-corrected chi connectivity index (χ0v) is 9.35. The molecule has 1 atom stereocenters. The summed E-state index contributed by atoms with van der Waals surface area (Å²) in [5.74, 6) is 0. The van der Waals surface area contributed by atoms with Crippen molar-refractivity contribution in [3.63, 3.8) is 0 Å². The summed E-state index contributed by atoms with van der Waals surface area (Å²) in [7, 11) is 0. The molecular formula is C10H11N3O2S. The van der Waals surface area contributed by atoms with Crippen molar-refractivity contribution in [2.45, 2.75) is 25.9 Å². The number of fused-ring (bicyclic) bond motifs is 1. The summed E-state index contributed by atoms with van der Waals surface area (Å²) < 4.78 is 7.56. The van der Waals surface area contributed by atoms with Crippen LogP contribution < -0.4 is 0 Å². The Bertz CT molecular complexity index is 480. The van der Waals surface area contributed by atoms with Gasteiger partial charge in [-0.1, -0.05) is 5.21 Å². The van der Waals surface area contributed by atoms with Crippen molar-refractivity contribution in [2.75, 3.05) is 0 Å². The van der Waals surface area contributed by atoms with Gasteiger partial charge in [0.2, 0.25) is 0 Å². The summed E-state index contributed by atoms with van der Waals surface area (Å²) in [6.07, 6.45) is 0.0481.